The lowest BCUT2D eigenvalue weighted by atomic mass is 10.0. The largest absolute Gasteiger partial charge is 0.207 e. The molecule has 0 nitrogen and oxygen atoms in total. The Labute approximate surface area is 71.2 Å². The van der Waals surface area contributed by atoms with Gasteiger partial charge in [-0.3, -0.25) is 0 Å². The summed E-state index contributed by atoms with van der Waals surface area (Å²) in [6.07, 6.45) is 0. The smallest absolute Gasteiger partial charge is 0.129 e. The van der Waals surface area contributed by atoms with Crippen molar-refractivity contribution in [1.29, 1.82) is 0 Å². The molecule has 12 heavy (non-hydrogen) atoms. The molecule has 0 saturated heterocycles. The second-order valence-corrected chi connectivity index (χ2v) is 3.30. The quantitative estimate of drug-likeness (QED) is 0.606. The highest BCUT2D eigenvalue weighted by molar-refractivity contribution is 5.27. The maximum Gasteiger partial charge on any atom is 0.129 e. The molecule has 0 heterocycles. The van der Waals surface area contributed by atoms with E-state index in [1.165, 1.54) is 12.1 Å². The molecule has 0 spiro atoms. The minimum absolute atomic E-state index is 0.106. The summed E-state index contributed by atoms with van der Waals surface area (Å²) in [6, 6.07) is 2.72. The Morgan fingerprint density at radius 2 is 1.50 bits per heavy atom. The molecule has 0 unspecified atom stereocenters. The van der Waals surface area contributed by atoms with Crippen LogP contribution in [-0.2, 0) is 0 Å². The molecule has 0 bridgehead atoms. The first-order valence-electron chi connectivity index (χ1n) is 3.98. The van der Waals surface area contributed by atoms with E-state index in [4.69, 9.17) is 0 Å². The average molecular weight is 170 g/mol. The van der Waals surface area contributed by atoms with Crippen LogP contribution >= 0.6 is 0 Å². The van der Waals surface area contributed by atoms with E-state index in [0.717, 1.165) is 0 Å². The first-order valence-corrected chi connectivity index (χ1v) is 3.98. The van der Waals surface area contributed by atoms with Gasteiger partial charge in [-0.2, -0.15) is 0 Å². The normalized spacial score (nSPS) is 10.8. The van der Waals surface area contributed by atoms with Crippen LogP contribution < -0.4 is 0 Å². The maximum atomic E-state index is 13.1. The van der Waals surface area contributed by atoms with Crippen LogP contribution in [-0.4, -0.2) is 0 Å². The monoisotopic (exact) mass is 170 g/mol. The summed E-state index contributed by atoms with van der Waals surface area (Å²) >= 11 is 0. The van der Waals surface area contributed by atoms with E-state index in [-0.39, 0.29) is 11.5 Å². The predicted octanol–water partition coefficient (Wildman–Crippen LogP) is 3.40. The summed E-state index contributed by atoms with van der Waals surface area (Å²) in [4.78, 5) is 0. The van der Waals surface area contributed by atoms with Gasteiger partial charge in [-0.1, -0.05) is 13.8 Å². The van der Waals surface area contributed by atoms with E-state index in [2.05, 4.69) is 0 Å². The molecule has 66 valence electrons. The molecule has 0 atom stereocenters. The van der Waals surface area contributed by atoms with E-state index in [1.807, 2.05) is 0 Å². The molecular weight excluding hydrogens is 158 g/mol. The zero-order valence-corrected chi connectivity index (χ0v) is 7.49. The Kier molecular flexibility index (Phi) is 2.46. The zero-order chi connectivity index (χ0) is 9.30. The maximum absolute atomic E-state index is 13.1. The number of rotatable bonds is 1. The fraction of sp³-hybridized carbons (Fsp3) is 0.400. The first kappa shape index (κ1) is 9.17. The van der Waals surface area contributed by atoms with Crippen molar-refractivity contribution in [2.75, 3.05) is 0 Å². The molecule has 0 saturated carbocycles. The lowest BCUT2D eigenvalue weighted by molar-refractivity contribution is 0.540. The van der Waals surface area contributed by atoms with Gasteiger partial charge in [0.2, 0.25) is 0 Å². The lowest BCUT2D eigenvalue weighted by Gasteiger charge is -2.08. The summed E-state index contributed by atoms with van der Waals surface area (Å²) in [5.74, 6) is -0.990. The van der Waals surface area contributed by atoms with Crippen molar-refractivity contribution in [3.8, 4) is 0 Å². The van der Waals surface area contributed by atoms with Crippen LogP contribution in [0.1, 0.15) is 30.9 Å². The highest BCUT2D eigenvalue weighted by Gasteiger charge is 2.12. The van der Waals surface area contributed by atoms with Crippen LogP contribution in [0, 0.1) is 18.6 Å². The third kappa shape index (κ3) is 1.63. The molecular formula is C10H12F2. The van der Waals surface area contributed by atoms with Crippen molar-refractivity contribution in [1.82, 2.24) is 0 Å². The molecule has 1 aromatic carbocycles. The van der Waals surface area contributed by atoms with E-state index in [0.29, 0.717) is 5.56 Å². The summed E-state index contributed by atoms with van der Waals surface area (Å²) in [5, 5.41) is 0. The molecule has 0 aromatic heterocycles. The van der Waals surface area contributed by atoms with E-state index < -0.39 is 11.6 Å². The summed E-state index contributed by atoms with van der Waals surface area (Å²) in [6.45, 7) is 5.23. The minimum atomic E-state index is -0.442. The molecule has 1 aromatic rings. The van der Waals surface area contributed by atoms with Crippen molar-refractivity contribution in [2.45, 2.75) is 26.7 Å². The molecule has 0 amide bonds. The molecule has 0 aliphatic heterocycles. The van der Waals surface area contributed by atoms with Gasteiger partial charge in [0.15, 0.2) is 0 Å². The van der Waals surface area contributed by atoms with Crippen LogP contribution in [0.4, 0.5) is 8.78 Å². The second-order valence-electron chi connectivity index (χ2n) is 3.30. The summed E-state index contributed by atoms with van der Waals surface area (Å²) < 4.78 is 26.2. The molecule has 0 radical (unpaired) electrons. The highest BCUT2D eigenvalue weighted by atomic mass is 19.1. The molecule has 1 rings (SSSR count). The molecule has 0 N–H and O–H groups in total. The minimum Gasteiger partial charge on any atom is -0.207 e. The van der Waals surface area contributed by atoms with Gasteiger partial charge in [0, 0.05) is 5.56 Å². The Morgan fingerprint density at radius 1 is 1.08 bits per heavy atom. The number of hydrogen-bond acceptors (Lipinski definition) is 0. The van der Waals surface area contributed by atoms with Crippen molar-refractivity contribution in [3.05, 3.63) is 34.9 Å². The summed E-state index contributed by atoms with van der Waals surface area (Å²) in [5.41, 5.74) is 0.801. The van der Waals surface area contributed by atoms with Gasteiger partial charge >= 0.3 is 0 Å². The molecule has 0 fully saturated rings. The molecule has 0 aliphatic carbocycles. The van der Waals surface area contributed by atoms with Crippen molar-refractivity contribution < 1.29 is 8.78 Å². The third-order valence-electron chi connectivity index (χ3n) is 1.80. The topological polar surface area (TPSA) is 0 Å². The lowest BCUT2D eigenvalue weighted by Crippen LogP contribution is -1.98. The van der Waals surface area contributed by atoms with E-state index in [9.17, 15) is 8.78 Å². The Balaban J connectivity index is 3.28. The molecule has 2 heteroatoms. The van der Waals surface area contributed by atoms with Crippen molar-refractivity contribution in [3.63, 3.8) is 0 Å². The van der Waals surface area contributed by atoms with Crippen molar-refractivity contribution >= 4 is 0 Å². The number of benzene rings is 1. The highest BCUT2D eigenvalue weighted by Crippen LogP contribution is 2.22. The SMILES string of the molecule is Cc1cc(F)c(C(C)C)c(F)c1. The zero-order valence-electron chi connectivity index (χ0n) is 7.49. The number of aryl methyl sites for hydroxylation is 1. The van der Waals surface area contributed by atoms with Gasteiger partial charge in [-0.15, -0.1) is 0 Å². The first-order chi connectivity index (χ1) is 5.52. The second kappa shape index (κ2) is 3.21. The van der Waals surface area contributed by atoms with Crippen LogP contribution in [0.15, 0.2) is 12.1 Å². The molecule has 0 aliphatic rings. The third-order valence-corrected chi connectivity index (χ3v) is 1.80. The van der Waals surface area contributed by atoms with Crippen LogP contribution in [0.5, 0.6) is 0 Å². The average Bonchev–Trinajstić information content (AvgIpc) is 1.82. The number of halogens is 2. The van der Waals surface area contributed by atoms with Gasteiger partial charge < -0.3 is 0 Å². The van der Waals surface area contributed by atoms with Gasteiger partial charge in [-0.25, -0.2) is 8.78 Å². The van der Waals surface area contributed by atoms with Crippen LogP contribution in [0.25, 0.3) is 0 Å². The van der Waals surface area contributed by atoms with Crippen molar-refractivity contribution in [2.24, 2.45) is 0 Å². The Bertz CT molecular complexity index is 267. The fourth-order valence-corrected chi connectivity index (χ4v) is 1.26. The van der Waals surface area contributed by atoms with Gasteiger partial charge in [0.25, 0.3) is 0 Å². The number of hydrogen-bond donors (Lipinski definition) is 0. The van der Waals surface area contributed by atoms with Crippen LogP contribution in [0.2, 0.25) is 0 Å². The van der Waals surface area contributed by atoms with Gasteiger partial charge in [0.1, 0.15) is 11.6 Å². The van der Waals surface area contributed by atoms with Gasteiger partial charge in [-0.05, 0) is 30.5 Å². The summed E-state index contributed by atoms with van der Waals surface area (Å²) in [7, 11) is 0. The van der Waals surface area contributed by atoms with E-state index in [1.54, 1.807) is 20.8 Å². The Hall–Kier alpha value is -0.920. The van der Waals surface area contributed by atoms with Crippen LogP contribution in [0.3, 0.4) is 0 Å². The standard InChI is InChI=1S/C10H12F2/c1-6(2)10-8(11)4-7(3)5-9(10)12/h4-6H,1-3H3. The fourth-order valence-electron chi connectivity index (χ4n) is 1.26. The van der Waals surface area contributed by atoms with Gasteiger partial charge in [0.05, 0.1) is 0 Å². The predicted molar refractivity (Wildman–Crippen MR) is 45.2 cm³/mol. The Morgan fingerprint density at radius 3 is 1.83 bits per heavy atom. The van der Waals surface area contributed by atoms with E-state index >= 15 is 0 Å².